The summed E-state index contributed by atoms with van der Waals surface area (Å²) in [6.07, 6.45) is 15.5. The van der Waals surface area contributed by atoms with Gasteiger partial charge in [-0.05, 0) is 38.0 Å². The molecule has 1 saturated carbocycles. The number of Topliss-reactive ketones (excluding diaryl/α,β-unsaturated/α-hetero) is 2. The lowest BCUT2D eigenvalue weighted by Crippen LogP contribution is -2.33. The minimum Gasteiger partial charge on any atom is -0.384 e. The van der Waals surface area contributed by atoms with Gasteiger partial charge in [0.05, 0.1) is 12.3 Å². The van der Waals surface area contributed by atoms with E-state index in [1.807, 2.05) is 6.92 Å². The molecule has 4 atom stereocenters. The average Bonchev–Trinajstić information content (AvgIpc) is 3.24. The van der Waals surface area contributed by atoms with Crippen molar-refractivity contribution in [3.05, 3.63) is 35.1 Å². The number of hydrogen-bond donors (Lipinski definition) is 1. The van der Waals surface area contributed by atoms with Gasteiger partial charge in [0.2, 0.25) is 0 Å². The van der Waals surface area contributed by atoms with Crippen LogP contribution in [0.5, 0.6) is 0 Å². The Balaban J connectivity index is 1.59. The third kappa shape index (κ3) is 3.33. The Hall–Kier alpha value is -1.64. The standard InChI is InChI=1S/C23H31NO2/c1-14-7-9-17(10-8-14)11-18-19(12-16-5-3-4-6-16)24-23-15(2)20(25)13-21(26)22(18)23/h7,9-10,14-16,18-19,24H,3-6,8,11-13H2,1-2H3. The van der Waals surface area contributed by atoms with E-state index in [1.54, 1.807) is 0 Å². The summed E-state index contributed by atoms with van der Waals surface area (Å²) in [5.74, 6) is 1.62. The number of carbonyl (C=O) groups is 2. The fourth-order valence-electron chi connectivity index (χ4n) is 5.31. The van der Waals surface area contributed by atoms with Crippen LogP contribution in [0.3, 0.4) is 0 Å². The van der Waals surface area contributed by atoms with E-state index < -0.39 is 0 Å². The van der Waals surface area contributed by atoms with Crippen LogP contribution in [-0.4, -0.2) is 17.6 Å². The zero-order valence-electron chi connectivity index (χ0n) is 16.1. The van der Waals surface area contributed by atoms with Gasteiger partial charge in [-0.15, -0.1) is 0 Å². The maximum atomic E-state index is 12.8. The molecule has 140 valence electrons. The first-order valence-corrected chi connectivity index (χ1v) is 10.5. The summed E-state index contributed by atoms with van der Waals surface area (Å²) < 4.78 is 0. The third-order valence-corrected chi connectivity index (χ3v) is 6.95. The molecule has 0 bridgehead atoms. The monoisotopic (exact) mass is 353 g/mol. The summed E-state index contributed by atoms with van der Waals surface area (Å²) in [6.45, 7) is 4.20. The van der Waals surface area contributed by atoms with E-state index in [2.05, 4.69) is 30.5 Å². The molecule has 0 spiro atoms. The lowest BCUT2D eigenvalue weighted by molar-refractivity contribution is -0.128. The topological polar surface area (TPSA) is 46.2 Å². The zero-order valence-corrected chi connectivity index (χ0v) is 16.1. The first-order valence-electron chi connectivity index (χ1n) is 10.5. The van der Waals surface area contributed by atoms with Crippen molar-refractivity contribution >= 4 is 11.6 Å². The van der Waals surface area contributed by atoms with Crippen molar-refractivity contribution in [1.29, 1.82) is 0 Å². The first kappa shape index (κ1) is 17.8. The molecule has 0 aromatic heterocycles. The third-order valence-electron chi connectivity index (χ3n) is 6.95. The minimum absolute atomic E-state index is 0.0725. The fourth-order valence-corrected chi connectivity index (χ4v) is 5.31. The van der Waals surface area contributed by atoms with Gasteiger partial charge in [-0.25, -0.2) is 0 Å². The van der Waals surface area contributed by atoms with Crippen LogP contribution in [0, 0.1) is 23.7 Å². The van der Waals surface area contributed by atoms with Gasteiger partial charge in [0.1, 0.15) is 5.78 Å². The molecule has 1 heterocycles. The molecule has 0 amide bonds. The van der Waals surface area contributed by atoms with Gasteiger partial charge in [-0.1, -0.05) is 56.4 Å². The zero-order chi connectivity index (χ0) is 18.3. The molecule has 0 radical (unpaired) electrons. The Morgan fingerprint density at radius 1 is 1.15 bits per heavy atom. The Morgan fingerprint density at radius 3 is 2.62 bits per heavy atom. The average molecular weight is 354 g/mol. The minimum atomic E-state index is -0.144. The van der Waals surface area contributed by atoms with Gasteiger partial charge in [0, 0.05) is 23.2 Å². The van der Waals surface area contributed by atoms with Crippen LogP contribution in [-0.2, 0) is 9.59 Å². The second kappa shape index (κ2) is 7.17. The molecule has 3 nitrogen and oxygen atoms in total. The molecule has 26 heavy (non-hydrogen) atoms. The Morgan fingerprint density at radius 2 is 1.92 bits per heavy atom. The summed E-state index contributed by atoms with van der Waals surface area (Å²) in [7, 11) is 0. The smallest absolute Gasteiger partial charge is 0.168 e. The van der Waals surface area contributed by atoms with Crippen LogP contribution < -0.4 is 5.32 Å². The molecule has 4 unspecified atom stereocenters. The van der Waals surface area contributed by atoms with E-state index in [9.17, 15) is 9.59 Å². The van der Waals surface area contributed by atoms with Crippen LogP contribution in [0.4, 0.5) is 0 Å². The molecule has 1 aliphatic heterocycles. The molecular weight excluding hydrogens is 322 g/mol. The SMILES string of the molecule is CC1C=CC(CC2C3=C(NC2CC2CCCC2)C(C)C(=O)CC3=O)=CC1. The molecule has 0 aromatic carbocycles. The van der Waals surface area contributed by atoms with Crippen LogP contribution in [0.25, 0.3) is 0 Å². The quantitative estimate of drug-likeness (QED) is 0.757. The molecule has 1 fully saturated rings. The maximum Gasteiger partial charge on any atom is 0.168 e. The van der Waals surface area contributed by atoms with Crippen molar-refractivity contribution in [3.63, 3.8) is 0 Å². The largest absolute Gasteiger partial charge is 0.384 e. The lowest BCUT2D eigenvalue weighted by Gasteiger charge is -2.26. The first-order chi connectivity index (χ1) is 12.5. The second-order valence-corrected chi connectivity index (χ2v) is 8.91. The summed E-state index contributed by atoms with van der Waals surface area (Å²) >= 11 is 0. The molecule has 0 saturated heterocycles. The van der Waals surface area contributed by atoms with E-state index >= 15 is 0 Å². The fraction of sp³-hybridized carbons (Fsp3) is 0.652. The Kier molecular flexibility index (Phi) is 4.90. The maximum absolute atomic E-state index is 12.8. The highest BCUT2D eigenvalue weighted by Gasteiger charge is 2.44. The summed E-state index contributed by atoms with van der Waals surface area (Å²) in [5.41, 5.74) is 3.26. The number of allylic oxidation sites excluding steroid dienone is 5. The van der Waals surface area contributed by atoms with Gasteiger partial charge in [-0.3, -0.25) is 9.59 Å². The van der Waals surface area contributed by atoms with Crippen molar-refractivity contribution in [2.24, 2.45) is 23.7 Å². The highest BCUT2D eigenvalue weighted by molar-refractivity contribution is 6.13. The van der Waals surface area contributed by atoms with E-state index in [0.717, 1.165) is 36.5 Å². The highest BCUT2D eigenvalue weighted by Crippen LogP contribution is 2.43. The van der Waals surface area contributed by atoms with Crippen LogP contribution in [0.2, 0.25) is 0 Å². The molecule has 3 aliphatic carbocycles. The van der Waals surface area contributed by atoms with E-state index in [4.69, 9.17) is 0 Å². The van der Waals surface area contributed by atoms with Crippen molar-refractivity contribution in [1.82, 2.24) is 5.32 Å². The molecular formula is C23H31NO2. The predicted molar refractivity (Wildman–Crippen MR) is 103 cm³/mol. The predicted octanol–water partition coefficient (Wildman–Crippen LogP) is 4.50. The summed E-state index contributed by atoms with van der Waals surface area (Å²) in [4.78, 5) is 25.0. The molecule has 3 heteroatoms. The van der Waals surface area contributed by atoms with Gasteiger partial charge in [0.15, 0.2) is 5.78 Å². The van der Waals surface area contributed by atoms with Crippen LogP contribution in [0.15, 0.2) is 35.1 Å². The molecule has 4 rings (SSSR count). The van der Waals surface area contributed by atoms with E-state index in [1.165, 1.54) is 31.3 Å². The van der Waals surface area contributed by atoms with Gasteiger partial charge >= 0.3 is 0 Å². The van der Waals surface area contributed by atoms with E-state index in [0.29, 0.717) is 12.0 Å². The molecule has 4 aliphatic rings. The number of nitrogens with one attached hydrogen (secondary N) is 1. The van der Waals surface area contributed by atoms with Gasteiger partial charge in [0.25, 0.3) is 0 Å². The van der Waals surface area contributed by atoms with Gasteiger partial charge < -0.3 is 5.32 Å². The summed E-state index contributed by atoms with van der Waals surface area (Å²) in [6, 6.07) is 0.314. The van der Waals surface area contributed by atoms with Gasteiger partial charge in [-0.2, -0.15) is 0 Å². The normalized spacial score (nSPS) is 34.9. The lowest BCUT2D eigenvalue weighted by atomic mass is 9.77. The van der Waals surface area contributed by atoms with Crippen LogP contribution in [0.1, 0.15) is 65.2 Å². The van der Waals surface area contributed by atoms with Crippen molar-refractivity contribution in [2.75, 3.05) is 0 Å². The van der Waals surface area contributed by atoms with Crippen LogP contribution >= 0.6 is 0 Å². The van der Waals surface area contributed by atoms with Crippen molar-refractivity contribution in [3.8, 4) is 0 Å². The second-order valence-electron chi connectivity index (χ2n) is 8.91. The molecule has 1 N–H and O–H groups in total. The number of rotatable bonds is 4. The number of ketones is 2. The number of hydrogen-bond acceptors (Lipinski definition) is 3. The Bertz CT molecular complexity index is 693. The molecule has 0 aromatic rings. The highest BCUT2D eigenvalue weighted by atomic mass is 16.1. The van der Waals surface area contributed by atoms with Crippen molar-refractivity contribution < 1.29 is 9.59 Å². The summed E-state index contributed by atoms with van der Waals surface area (Å²) in [5, 5.41) is 3.67. The number of carbonyl (C=O) groups excluding carboxylic acids is 2. The van der Waals surface area contributed by atoms with E-state index in [-0.39, 0.29) is 29.8 Å². The Labute approximate surface area is 157 Å². The van der Waals surface area contributed by atoms with Crippen molar-refractivity contribution in [2.45, 2.75) is 71.3 Å².